The van der Waals surface area contributed by atoms with Crippen molar-refractivity contribution in [1.29, 1.82) is 0 Å². The maximum absolute atomic E-state index is 13.0. The fourth-order valence-corrected chi connectivity index (χ4v) is 7.19. The second kappa shape index (κ2) is 31.4. The Morgan fingerprint density at radius 3 is 1.72 bits per heavy atom. The molecule has 2 saturated heterocycles. The number of rotatable bonds is 32. The van der Waals surface area contributed by atoms with Crippen LogP contribution < -0.4 is 5.32 Å². The van der Waals surface area contributed by atoms with Gasteiger partial charge in [-0.15, -0.1) is 0 Å². The number of hydrogen-bond donors (Lipinski definition) is 9. The Morgan fingerprint density at radius 2 is 1.12 bits per heavy atom. The van der Waals surface area contributed by atoms with E-state index in [0.717, 1.165) is 38.5 Å². The number of carbonyl (C=O) groups is 1. The monoisotopic (exact) mass is 818 g/mol. The molecule has 0 bridgehead atoms. The van der Waals surface area contributed by atoms with Crippen LogP contribution in [-0.2, 0) is 23.7 Å². The van der Waals surface area contributed by atoms with Gasteiger partial charge >= 0.3 is 0 Å². The topological polar surface area (TPSA) is 228 Å². The highest BCUT2D eigenvalue weighted by Gasteiger charge is 2.50. The van der Waals surface area contributed by atoms with Crippen molar-refractivity contribution >= 4 is 5.91 Å². The summed E-state index contributed by atoms with van der Waals surface area (Å²) in [6.45, 7) is 2.68. The first-order chi connectivity index (χ1) is 27.6. The summed E-state index contributed by atoms with van der Waals surface area (Å²) >= 11 is 0. The molecular weight excluding hydrogens is 738 g/mol. The van der Waals surface area contributed by atoms with Gasteiger partial charge < -0.3 is 65.1 Å². The number of aliphatic hydroxyl groups is 8. The van der Waals surface area contributed by atoms with E-state index in [1.54, 1.807) is 6.08 Å². The molecule has 2 aliphatic heterocycles. The highest BCUT2D eigenvalue weighted by atomic mass is 16.7. The number of amides is 1. The van der Waals surface area contributed by atoms with Crippen LogP contribution >= 0.6 is 0 Å². The number of hydrogen-bond acceptors (Lipinski definition) is 13. The normalized spacial score (nSPS) is 29.3. The van der Waals surface area contributed by atoms with Crippen LogP contribution in [0.2, 0.25) is 0 Å². The lowest BCUT2D eigenvalue weighted by molar-refractivity contribution is -0.359. The minimum Gasteiger partial charge on any atom is -0.394 e. The predicted molar refractivity (Wildman–Crippen MR) is 217 cm³/mol. The van der Waals surface area contributed by atoms with E-state index in [2.05, 4.69) is 31.3 Å². The summed E-state index contributed by atoms with van der Waals surface area (Å²) in [5, 5.41) is 86.2. The van der Waals surface area contributed by atoms with E-state index >= 15 is 0 Å². The third-order valence-electron chi connectivity index (χ3n) is 10.9. The molecule has 9 N–H and O–H groups in total. The molecule has 2 aliphatic rings. The number of aliphatic hydroxyl groups excluding tert-OH is 8. The van der Waals surface area contributed by atoms with E-state index < -0.39 is 86.8 Å². The number of ether oxygens (including phenoxy) is 4. The largest absolute Gasteiger partial charge is 0.394 e. The lowest BCUT2D eigenvalue weighted by Gasteiger charge is -2.46. The zero-order valence-electron chi connectivity index (χ0n) is 34.8. The molecule has 2 fully saturated rings. The first kappa shape index (κ1) is 51.6. The molecule has 0 saturated carbocycles. The van der Waals surface area contributed by atoms with Gasteiger partial charge in [0.25, 0.3) is 0 Å². The zero-order chi connectivity index (χ0) is 41.8. The number of unbranched alkanes of at least 4 members (excludes halogenated alkanes) is 17. The van der Waals surface area contributed by atoms with Crippen LogP contribution in [0.4, 0.5) is 0 Å². The molecule has 12 atom stereocenters. The van der Waals surface area contributed by atoms with Gasteiger partial charge in [-0.25, -0.2) is 0 Å². The van der Waals surface area contributed by atoms with Crippen LogP contribution in [0.15, 0.2) is 24.3 Å². The van der Waals surface area contributed by atoms with E-state index in [-0.39, 0.29) is 18.9 Å². The summed E-state index contributed by atoms with van der Waals surface area (Å²) in [5.74, 6) is -0.258. The van der Waals surface area contributed by atoms with E-state index in [9.17, 15) is 45.6 Å². The molecule has 12 unspecified atom stereocenters. The molecule has 0 spiro atoms. The van der Waals surface area contributed by atoms with Gasteiger partial charge in [0.05, 0.1) is 32.0 Å². The second-order valence-electron chi connectivity index (χ2n) is 15.8. The number of allylic oxidation sites excluding steroid dienone is 3. The van der Waals surface area contributed by atoms with Gasteiger partial charge in [-0.2, -0.15) is 0 Å². The first-order valence-corrected chi connectivity index (χ1v) is 22.1. The summed E-state index contributed by atoms with van der Waals surface area (Å²) in [5.41, 5.74) is 0. The zero-order valence-corrected chi connectivity index (χ0v) is 34.8. The molecule has 1 amide bonds. The maximum atomic E-state index is 13.0. The molecule has 14 heteroatoms. The Morgan fingerprint density at radius 1 is 0.614 bits per heavy atom. The van der Waals surface area contributed by atoms with Gasteiger partial charge in [0, 0.05) is 6.42 Å². The fourth-order valence-electron chi connectivity index (χ4n) is 7.19. The van der Waals surface area contributed by atoms with Gasteiger partial charge in [-0.1, -0.05) is 134 Å². The molecule has 2 heterocycles. The Hall–Kier alpha value is -1.53. The number of nitrogens with one attached hydrogen (secondary N) is 1. The van der Waals surface area contributed by atoms with Crippen LogP contribution in [0, 0.1) is 0 Å². The Kier molecular flexibility index (Phi) is 28.4. The lowest BCUT2D eigenvalue weighted by atomic mass is 9.97. The molecular formula is C43H79NO13. The molecule has 0 aromatic heterocycles. The van der Waals surface area contributed by atoms with E-state index in [4.69, 9.17) is 18.9 Å². The van der Waals surface area contributed by atoms with Gasteiger partial charge in [-0.05, 0) is 32.1 Å². The van der Waals surface area contributed by atoms with Crippen molar-refractivity contribution in [3.63, 3.8) is 0 Å². The lowest BCUT2D eigenvalue weighted by Crippen LogP contribution is -2.65. The van der Waals surface area contributed by atoms with Gasteiger partial charge in [-0.3, -0.25) is 4.79 Å². The van der Waals surface area contributed by atoms with Crippen molar-refractivity contribution in [1.82, 2.24) is 5.32 Å². The van der Waals surface area contributed by atoms with Crippen molar-refractivity contribution in [2.45, 2.75) is 222 Å². The summed E-state index contributed by atoms with van der Waals surface area (Å²) in [4.78, 5) is 13.0. The molecule has 57 heavy (non-hydrogen) atoms. The number of carbonyl (C=O) groups excluding carboxylic acids is 1. The molecule has 0 radical (unpaired) electrons. The van der Waals surface area contributed by atoms with Crippen molar-refractivity contribution < 1.29 is 64.6 Å². The summed E-state index contributed by atoms with van der Waals surface area (Å²) in [7, 11) is 0. The predicted octanol–water partition coefficient (Wildman–Crippen LogP) is 3.82. The van der Waals surface area contributed by atoms with E-state index in [1.807, 2.05) is 6.08 Å². The Labute approximate surface area is 341 Å². The summed E-state index contributed by atoms with van der Waals surface area (Å²) in [6, 6.07) is -0.922. The Balaban J connectivity index is 1.91. The molecule has 2 rings (SSSR count). The van der Waals surface area contributed by atoms with E-state index in [1.165, 1.54) is 77.0 Å². The minimum atomic E-state index is -1.79. The third-order valence-corrected chi connectivity index (χ3v) is 10.9. The van der Waals surface area contributed by atoms with Crippen LogP contribution in [0.3, 0.4) is 0 Å². The quantitative estimate of drug-likeness (QED) is 0.0348. The van der Waals surface area contributed by atoms with Crippen LogP contribution in [0.1, 0.15) is 149 Å². The van der Waals surface area contributed by atoms with Crippen molar-refractivity contribution in [2.75, 3.05) is 19.8 Å². The van der Waals surface area contributed by atoms with Crippen molar-refractivity contribution in [2.24, 2.45) is 0 Å². The third kappa shape index (κ3) is 20.1. The van der Waals surface area contributed by atoms with E-state index in [0.29, 0.717) is 12.8 Å². The first-order valence-electron chi connectivity index (χ1n) is 22.1. The average molecular weight is 818 g/mol. The summed E-state index contributed by atoms with van der Waals surface area (Å²) in [6.07, 6.45) is 14.0. The van der Waals surface area contributed by atoms with Crippen molar-refractivity contribution in [3.8, 4) is 0 Å². The average Bonchev–Trinajstić information content (AvgIpc) is 3.21. The molecule has 0 aromatic carbocycles. The smallest absolute Gasteiger partial charge is 0.220 e. The maximum Gasteiger partial charge on any atom is 0.220 e. The fraction of sp³-hybridized carbons (Fsp3) is 0.884. The molecule has 14 nitrogen and oxygen atoms in total. The van der Waals surface area contributed by atoms with Gasteiger partial charge in [0.2, 0.25) is 5.91 Å². The van der Waals surface area contributed by atoms with Crippen LogP contribution in [0.25, 0.3) is 0 Å². The second-order valence-corrected chi connectivity index (χ2v) is 15.8. The van der Waals surface area contributed by atoms with Gasteiger partial charge in [0.1, 0.15) is 48.8 Å². The summed E-state index contributed by atoms with van der Waals surface area (Å²) < 4.78 is 22.5. The minimum absolute atomic E-state index is 0.258. The van der Waals surface area contributed by atoms with Gasteiger partial charge in [0.15, 0.2) is 12.6 Å². The molecule has 334 valence electrons. The highest BCUT2D eigenvalue weighted by Crippen LogP contribution is 2.30. The highest BCUT2D eigenvalue weighted by molar-refractivity contribution is 5.76. The SMILES string of the molecule is CCCCCCCCCCCC/C=C/CC/C=C/C(O)C(COC1OC(CO)C(OC2OC(CO)C(O)C(O)C2O)C(O)C1O)NC(=O)CCCCCCCCC. The standard InChI is InChI=1S/C43H79NO13/c1-3-5-7-9-11-12-13-14-15-16-17-18-19-21-22-24-26-32(47)31(44-35(48)27-25-23-20-10-8-6-4-2)30-54-42-40(53)38(51)41(34(29-46)56-42)57-43-39(52)37(50)36(49)33(28-45)55-43/h18-19,24,26,31-34,36-43,45-47,49-53H,3-17,20-23,25,27-30H2,1-2H3,(H,44,48)/b19-18+,26-24+. The van der Waals surface area contributed by atoms with Crippen molar-refractivity contribution in [3.05, 3.63) is 24.3 Å². The van der Waals surface area contributed by atoms with Crippen LogP contribution in [-0.4, -0.2) is 140 Å². The Bertz CT molecular complexity index is 1060. The van der Waals surface area contributed by atoms with Crippen LogP contribution in [0.5, 0.6) is 0 Å². The molecule has 0 aliphatic carbocycles. The molecule has 0 aromatic rings.